The highest BCUT2D eigenvalue weighted by Gasteiger charge is 2.21. The summed E-state index contributed by atoms with van der Waals surface area (Å²) in [5.41, 5.74) is 1.28. The fourth-order valence-corrected chi connectivity index (χ4v) is 3.26. The van der Waals surface area contributed by atoms with E-state index in [-0.39, 0.29) is 5.91 Å². The summed E-state index contributed by atoms with van der Waals surface area (Å²) in [6.45, 7) is 5.16. The van der Waals surface area contributed by atoms with Crippen LogP contribution in [0.1, 0.15) is 38.2 Å². The van der Waals surface area contributed by atoms with Crippen molar-refractivity contribution in [3.63, 3.8) is 0 Å². The van der Waals surface area contributed by atoms with E-state index >= 15 is 0 Å². The summed E-state index contributed by atoms with van der Waals surface area (Å²) in [6.07, 6.45) is 5.01. The molecule has 0 aromatic heterocycles. The van der Waals surface area contributed by atoms with Crippen LogP contribution in [0.25, 0.3) is 0 Å². The second-order valence-electron chi connectivity index (χ2n) is 6.57. The minimum atomic E-state index is 0.200. The summed E-state index contributed by atoms with van der Waals surface area (Å²) in [6, 6.07) is 8.13. The van der Waals surface area contributed by atoms with Crippen LogP contribution in [0.5, 0.6) is 5.75 Å². The summed E-state index contributed by atoms with van der Waals surface area (Å²) in [5, 5.41) is 6.45. The van der Waals surface area contributed by atoms with Gasteiger partial charge in [-0.3, -0.25) is 4.79 Å². The van der Waals surface area contributed by atoms with E-state index in [0.29, 0.717) is 18.3 Å². The fraction of sp³-hybridized carbons (Fsp3) is 0.632. The first-order valence-electron chi connectivity index (χ1n) is 8.79. The number of amides is 1. The molecule has 0 aliphatic carbocycles. The van der Waals surface area contributed by atoms with Crippen LogP contribution in [-0.2, 0) is 11.2 Å². The number of hydrogen-bond acceptors (Lipinski definition) is 3. The Morgan fingerprint density at radius 3 is 2.65 bits per heavy atom. The number of nitrogens with one attached hydrogen (secondary N) is 2. The van der Waals surface area contributed by atoms with E-state index in [2.05, 4.69) is 29.7 Å². The van der Waals surface area contributed by atoms with Gasteiger partial charge < -0.3 is 15.4 Å². The lowest BCUT2D eigenvalue weighted by atomic mass is 9.84. The van der Waals surface area contributed by atoms with Crippen molar-refractivity contribution in [2.24, 2.45) is 11.8 Å². The first-order valence-corrected chi connectivity index (χ1v) is 8.79. The Morgan fingerprint density at radius 1 is 1.30 bits per heavy atom. The Labute approximate surface area is 140 Å². The van der Waals surface area contributed by atoms with Gasteiger partial charge in [0.15, 0.2) is 0 Å². The molecular weight excluding hydrogens is 288 g/mol. The van der Waals surface area contributed by atoms with Gasteiger partial charge in [-0.15, -0.1) is 0 Å². The molecule has 0 spiro atoms. The summed E-state index contributed by atoms with van der Waals surface area (Å²) >= 11 is 0. The largest absolute Gasteiger partial charge is 0.497 e. The highest BCUT2D eigenvalue weighted by atomic mass is 16.5. The molecule has 1 aliphatic heterocycles. The van der Waals surface area contributed by atoms with E-state index in [1.54, 1.807) is 7.11 Å². The number of carbonyl (C=O) groups is 1. The Kier molecular flexibility index (Phi) is 7.40. The second-order valence-corrected chi connectivity index (χ2v) is 6.57. The molecule has 1 heterocycles. The molecule has 4 nitrogen and oxygen atoms in total. The molecule has 1 atom stereocenters. The molecule has 2 N–H and O–H groups in total. The Morgan fingerprint density at radius 2 is 2.00 bits per heavy atom. The Bertz CT molecular complexity index is 467. The fourth-order valence-electron chi connectivity index (χ4n) is 3.26. The van der Waals surface area contributed by atoms with Gasteiger partial charge in [-0.25, -0.2) is 0 Å². The molecule has 0 saturated carbocycles. The van der Waals surface area contributed by atoms with Gasteiger partial charge in [0.2, 0.25) is 5.91 Å². The molecule has 1 aromatic rings. The number of rotatable bonds is 8. The Balaban J connectivity index is 1.60. The van der Waals surface area contributed by atoms with Crippen LogP contribution in [0.2, 0.25) is 0 Å². The predicted molar refractivity (Wildman–Crippen MR) is 93.7 cm³/mol. The number of hydrogen-bond donors (Lipinski definition) is 2. The number of carbonyl (C=O) groups excluding carboxylic acids is 1. The standard InChI is InChI=1S/C19H30N2O2/c1-15(17-9-12-20-13-10-17)14-19(22)21-11-3-4-16-5-7-18(23-2)8-6-16/h5-8,15,17,20H,3-4,9-14H2,1-2H3,(H,21,22). The van der Waals surface area contributed by atoms with Crippen molar-refractivity contribution in [3.8, 4) is 5.75 Å². The lowest BCUT2D eigenvalue weighted by Gasteiger charge is -2.27. The van der Waals surface area contributed by atoms with Crippen LogP contribution in [0.15, 0.2) is 24.3 Å². The minimum Gasteiger partial charge on any atom is -0.497 e. The third-order valence-corrected chi connectivity index (χ3v) is 4.82. The molecule has 23 heavy (non-hydrogen) atoms. The van der Waals surface area contributed by atoms with E-state index in [1.165, 1.54) is 18.4 Å². The zero-order valence-corrected chi connectivity index (χ0v) is 14.4. The van der Waals surface area contributed by atoms with Crippen molar-refractivity contribution < 1.29 is 9.53 Å². The molecule has 1 aromatic carbocycles. The number of ether oxygens (including phenoxy) is 1. The zero-order chi connectivity index (χ0) is 16.5. The lowest BCUT2D eigenvalue weighted by Crippen LogP contribution is -2.33. The van der Waals surface area contributed by atoms with Gasteiger partial charge >= 0.3 is 0 Å². The van der Waals surface area contributed by atoms with Crippen molar-refractivity contribution in [3.05, 3.63) is 29.8 Å². The SMILES string of the molecule is COc1ccc(CCCNC(=O)CC(C)C2CCNCC2)cc1. The summed E-state index contributed by atoms with van der Waals surface area (Å²) in [4.78, 5) is 12.0. The van der Waals surface area contributed by atoms with Crippen LogP contribution in [0, 0.1) is 11.8 Å². The zero-order valence-electron chi connectivity index (χ0n) is 14.4. The van der Waals surface area contributed by atoms with Gasteiger partial charge in [0, 0.05) is 13.0 Å². The maximum absolute atomic E-state index is 12.0. The molecule has 0 bridgehead atoms. The van der Waals surface area contributed by atoms with Crippen LogP contribution < -0.4 is 15.4 Å². The quantitative estimate of drug-likeness (QED) is 0.725. The summed E-state index contributed by atoms with van der Waals surface area (Å²) in [5.74, 6) is 2.26. The van der Waals surface area contributed by atoms with Gasteiger partial charge in [-0.05, 0) is 68.3 Å². The van der Waals surface area contributed by atoms with E-state index in [1.807, 2.05) is 12.1 Å². The van der Waals surface area contributed by atoms with Crippen LogP contribution in [0.4, 0.5) is 0 Å². The predicted octanol–water partition coefficient (Wildman–Crippen LogP) is 2.77. The summed E-state index contributed by atoms with van der Waals surface area (Å²) < 4.78 is 5.15. The molecule has 0 radical (unpaired) electrons. The highest BCUT2D eigenvalue weighted by molar-refractivity contribution is 5.76. The molecule has 2 rings (SSSR count). The van der Waals surface area contributed by atoms with Gasteiger partial charge in [0.25, 0.3) is 0 Å². The normalized spacial score (nSPS) is 16.8. The topological polar surface area (TPSA) is 50.4 Å². The van der Waals surface area contributed by atoms with Crippen LogP contribution >= 0.6 is 0 Å². The van der Waals surface area contributed by atoms with Crippen molar-refractivity contribution >= 4 is 5.91 Å². The molecule has 128 valence electrons. The number of piperidine rings is 1. The number of aryl methyl sites for hydroxylation is 1. The maximum Gasteiger partial charge on any atom is 0.220 e. The van der Waals surface area contributed by atoms with Crippen molar-refractivity contribution in [2.45, 2.75) is 39.0 Å². The van der Waals surface area contributed by atoms with Crippen LogP contribution in [0.3, 0.4) is 0 Å². The average Bonchev–Trinajstić information content (AvgIpc) is 2.60. The molecule has 1 fully saturated rings. The van der Waals surface area contributed by atoms with Gasteiger partial charge in [0.1, 0.15) is 5.75 Å². The third-order valence-electron chi connectivity index (χ3n) is 4.82. The molecular formula is C19H30N2O2. The first-order chi connectivity index (χ1) is 11.2. The van der Waals surface area contributed by atoms with Gasteiger partial charge in [0.05, 0.1) is 7.11 Å². The van der Waals surface area contributed by atoms with Crippen molar-refractivity contribution in [1.29, 1.82) is 0 Å². The van der Waals surface area contributed by atoms with Crippen LogP contribution in [-0.4, -0.2) is 32.7 Å². The molecule has 1 aliphatic rings. The molecule has 1 amide bonds. The monoisotopic (exact) mass is 318 g/mol. The van der Waals surface area contributed by atoms with Gasteiger partial charge in [-0.1, -0.05) is 19.1 Å². The van der Waals surface area contributed by atoms with Crippen molar-refractivity contribution in [1.82, 2.24) is 10.6 Å². The Hall–Kier alpha value is -1.55. The smallest absolute Gasteiger partial charge is 0.220 e. The summed E-state index contributed by atoms with van der Waals surface area (Å²) in [7, 11) is 1.68. The highest BCUT2D eigenvalue weighted by Crippen LogP contribution is 2.24. The second kappa shape index (κ2) is 9.56. The lowest BCUT2D eigenvalue weighted by molar-refractivity contribution is -0.122. The number of benzene rings is 1. The minimum absolute atomic E-state index is 0.200. The molecule has 1 saturated heterocycles. The molecule has 1 unspecified atom stereocenters. The number of methoxy groups -OCH3 is 1. The van der Waals surface area contributed by atoms with E-state index in [0.717, 1.165) is 38.2 Å². The van der Waals surface area contributed by atoms with E-state index in [9.17, 15) is 4.79 Å². The van der Waals surface area contributed by atoms with E-state index in [4.69, 9.17) is 4.74 Å². The first kappa shape index (κ1) is 17.8. The van der Waals surface area contributed by atoms with Crippen molar-refractivity contribution in [2.75, 3.05) is 26.7 Å². The maximum atomic E-state index is 12.0. The third kappa shape index (κ3) is 6.22. The molecule has 4 heteroatoms. The van der Waals surface area contributed by atoms with E-state index < -0.39 is 0 Å². The van der Waals surface area contributed by atoms with Gasteiger partial charge in [-0.2, -0.15) is 0 Å². The average molecular weight is 318 g/mol.